The molecule has 1 aromatic carbocycles. The molecule has 1 spiro atoms. The summed E-state index contributed by atoms with van der Waals surface area (Å²) in [7, 11) is 0. The van der Waals surface area contributed by atoms with Crippen LogP contribution in [-0.4, -0.2) is 17.6 Å². The van der Waals surface area contributed by atoms with E-state index in [2.05, 4.69) is 9.98 Å². The Kier molecular flexibility index (Phi) is 1.90. The van der Waals surface area contributed by atoms with E-state index >= 15 is 0 Å². The third-order valence-electron chi connectivity index (χ3n) is 3.49. The van der Waals surface area contributed by atoms with Crippen LogP contribution < -0.4 is 10.5 Å². The van der Waals surface area contributed by atoms with Crippen molar-refractivity contribution in [2.75, 3.05) is 6.61 Å². The number of hydrogen-bond donors (Lipinski definition) is 1. The van der Waals surface area contributed by atoms with Crippen molar-refractivity contribution >= 4 is 6.02 Å². The Labute approximate surface area is 109 Å². The molecule has 2 aliphatic heterocycles. The summed E-state index contributed by atoms with van der Waals surface area (Å²) in [6.45, 7) is 0.373. The molecule has 2 N–H and O–H groups in total. The molecule has 19 heavy (non-hydrogen) atoms. The first-order valence-corrected chi connectivity index (χ1v) is 6.00. The van der Waals surface area contributed by atoms with Crippen molar-refractivity contribution in [1.82, 2.24) is 4.98 Å². The van der Waals surface area contributed by atoms with Crippen LogP contribution in [0.2, 0.25) is 0 Å². The molecule has 5 heteroatoms. The van der Waals surface area contributed by atoms with E-state index in [0.717, 1.165) is 16.9 Å². The zero-order valence-corrected chi connectivity index (χ0v) is 10.0. The summed E-state index contributed by atoms with van der Waals surface area (Å²) >= 11 is 0. The summed E-state index contributed by atoms with van der Waals surface area (Å²) < 4.78 is 11.2. The zero-order valence-electron chi connectivity index (χ0n) is 10.0. The molecule has 1 atom stereocenters. The monoisotopic (exact) mass is 253 g/mol. The summed E-state index contributed by atoms with van der Waals surface area (Å²) in [5.74, 6) is 1.30. The van der Waals surface area contributed by atoms with Crippen LogP contribution in [0.3, 0.4) is 0 Å². The van der Waals surface area contributed by atoms with E-state index in [1.807, 2.05) is 36.4 Å². The predicted molar refractivity (Wildman–Crippen MR) is 69.1 cm³/mol. The number of rotatable bonds is 0. The van der Waals surface area contributed by atoms with E-state index in [4.69, 9.17) is 15.2 Å². The van der Waals surface area contributed by atoms with Crippen LogP contribution in [-0.2, 0) is 10.3 Å². The number of aliphatic imine (C=N–C) groups is 1. The van der Waals surface area contributed by atoms with E-state index in [-0.39, 0.29) is 6.02 Å². The highest BCUT2D eigenvalue weighted by Crippen LogP contribution is 2.49. The molecule has 2 aromatic rings. The first kappa shape index (κ1) is 10.4. The van der Waals surface area contributed by atoms with Crippen molar-refractivity contribution in [3.8, 4) is 11.6 Å². The number of ether oxygens (including phenoxy) is 2. The van der Waals surface area contributed by atoms with Gasteiger partial charge in [0.15, 0.2) is 5.54 Å². The standard InChI is InChI=1S/C14H11N3O2/c15-13-17-14(8-18-13)9-4-1-2-6-11(9)19-12-10(14)5-3-7-16-12/h1-7H,8H2,(H2,15,17). The topological polar surface area (TPSA) is 69.7 Å². The van der Waals surface area contributed by atoms with E-state index in [0.29, 0.717) is 12.5 Å². The molecule has 0 saturated carbocycles. The molecule has 1 aromatic heterocycles. The summed E-state index contributed by atoms with van der Waals surface area (Å²) in [6.07, 6.45) is 1.70. The van der Waals surface area contributed by atoms with Gasteiger partial charge in [-0.25, -0.2) is 9.98 Å². The van der Waals surface area contributed by atoms with Gasteiger partial charge < -0.3 is 15.2 Å². The van der Waals surface area contributed by atoms with Gasteiger partial charge in [0.05, 0.1) is 5.56 Å². The number of para-hydroxylation sites is 1. The van der Waals surface area contributed by atoms with Crippen molar-refractivity contribution in [3.63, 3.8) is 0 Å². The predicted octanol–water partition coefficient (Wildman–Crippen LogP) is 1.78. The number of fused-ring (bicyclic) bond motifs is 4. The summed E-state index contributed by atoms with van der Waals surface area (Å²) in [5.41, 5.74) is 6.92. The fraction of sp³-hybridized carbons (Fsp3) is 0.143. The van der Waals surface area contributed by atoms with Crippen molar-refractivity contribution in [2.45, 2.75) is 5.54 Å². The molecule has 0 saturated heterocycles. The Bertz CT molecular complexity index is 651. The van der Waals surface area contributed by atoms with Crippen molar-refractivity contribution in [3.05, 3.63) is 53.7 Å². The lowest BCUT2D eigenvalue weighted by molar-refractivity contribution is 0.262. The summed E-state index contributed by atoms with van der Waals surface area (Å²) in [6, 6.07) is 11.8. The molecule has 4 rings (SSSR count). The van der Waals surface area contributed by atoms with Gasteiger partial charge >= 0.3 is 0 Å². The van der Waals surface area contributed by atoms with E-state index in [9.17, 15) is 0 Å². The largest absolute Gasteiger partial charge is 0.462 e. The third-order valence-corrected chi connectivity index (χ3v) is 3.49. The second-order valence-corrected chi connectivity index (χ2v) is 4.55. The van der Waals surface area contributed by atoms with E-state index in [1.54, 1.807) is 6.20 Å². The van der Waals surface area contributed by atoms with E-state index < -0.39 is 5.54 Å². The van der Waals surface area contributed by atoms with Crippen molar-refractivity contribution < 1.29 is 9.47 Å². The number of nitrogens with zero attached hydrogens (tertiary/aromatic N) is 2. The van der Waals surface area contributed by atoms with Crippen molar-refractivity contribution in [1.29, 1.82) is 0 Å². The van der Waals surface area contributed by atoms with Gasteiger partial charge in [0.1, 0.15) is 12.4 Å². The maximum absolute atomic E-state index is 5.82. The molecular formula is C14H11N3O2. The lowest BCUT2D eigenvalue weighted by Gasteiger charge is -2.32. The Balaban J connectivity index is 2.05. The van der Waals surface area contributed by atoms with Crippen LogP contribution >= 0.6 is 0 Å². The Morgan fingerprint density at radius 1 is 1.11 bits per heavy atom. The molecule has 0 fully saturated rings. The fourth-order valence-corrected chi connectivity index (χ4v) is 2.64. The lowest BCUT2D eigenvalue weighted by Crippen LogP contribution is -2.31. The zero-order chi connectivity index (χ0) is 12.9. The highest BCUT2D eigenvalue weighted by Gasteiger charge is 2.47. The number of benzene rings is 1. The number of amidine groups is 1. The van der Waals surface area contributed by atoms with Gasteiger partial charge in [-0.3, -0.25) is 0 Å². The molecule has 5 nitrogen and oxygen atoms in total. The molecule has 0 aliphatic carbocycles. The molecule has 3 heterocycles. The van der Waals surface area contributed by atoms with E-state index in [1.165, 1.54) is 0 Å². The lowest BCUT2D eigenvalue weighted by atomic mass is 9.83. The van der Waals surface area contributed by atoms with Gasteiger partial charge in [-0.1, -0.05) is 18.2 Å². The molecule has 1 unspecified atom stereocenters. The fourth-order valence-electron chi connectivity index (χ4n) is 2.64. The molecule has 2 aliphatic rings. The van der Waals surface area contributed by atoms with Crippen LogP contribution in [0, 0.1) is 0 Å². The average molecular weight is 253 g/mol. The van der Waals surface area contributed by atoms with Crippen LogP contribution in [0.25, 0.3) is 0 Å². The van der Waals surface area contributed by atoms with Gasteiger partial charge in [0.2, 0.25) is 5.88 Å². The third kappa shape index (κ3) is 1.29. The van der Waals surface area contributed by atoms with Crippen molar-refractivity contribution in [2.24, 2.45) is 10.7 Å². The van der Waals surface area contributed by atoms with Gasteiger partial charge in [0.25, 0.3) is 6.02 Å². The minimum atomic E-state index is -0.636. The van der Waals surface area contributed by atoms with Crippen LogP contribution in [0.5, 0.6) is 11.6 Å². The highest BCUT2D eigenvalue weighted by atomic mass is 16.5. The van der Waals surface area contributed by atoms with Gasteiger partial charge in [-0.05, 0) is 18.2 Å². The first-order valence-electron chi connectivity index (χ1n) is 6.00. The second-order valence-electron chi connectivity index (χ2n) is 4.55. The normalized spacial score (nSPS) is 23.1. The number of hydrogen-bond acceptors (Lipinski definition) is 5. The van der Waals surface area contributed by atoms with Crippen LogP contribution in [0.4, 0.5) is 0 Å². The summed E-state index contributed by atoms with van der Waals surface area (Å²) in [5, 5.41) is 0. The summed E-state index contributed by atoms with van der Waals surface area (Å²) in [4.78, 5) is 8.79. The van der Waals surface area contributed by atoms with Crippen LogP contribution in [0.15, 0.2) is 47.6 Å². The van der Waals surface area contributed by atoms with Gasteiger partial charge in [-0.2, -0.15) is 0 Å². The maximum Gasteiger partial charge on any atom is 0.283 e. The minimum Gasteiger partial charge on any atom is -0.462 e. The van der Waals surface area contributed by atoms with Gasteiger partial charge in [0, 0.05) is 11.8 Å². The van der Waals surface area contributed by atoms with Gasteiger partial charge in [-0.15, -0.1) is 0 Å². The highest BCUT2D eigenvalue weighted by molar-refractivity contribution is 5.76. The number of aromatic nitrogens is 1. The molecule has 94 valence electrons. The number of pyridine rings is 1. The maximum atomic E-state index is 5.82. The molecular weight excluding hydrogens is 242 g/mol. The first-order chi connectivity index (χ1) is 9.29. The molecule has 0 amide bonds. The van der Waals surface area contributed by atoms with Crippen LogP contribution in [0.1, 0.15) is 11.1 Å². The SMILES string of the molecule is NC1=NC2(CO1)c1ccccc1Oc1ncccc12. The Morgan fingerprint density at radius 2 is 1.95 bits per heavy atom. The second kappa shape index (κ2) is 3.47. The molecule has 0 radical (unpaired) electrons. The Morgan fingerprint density at radius 3 is 2.79 bits per heavy atom. The molecule has 0 bridgehead atoms. The quantitative estimate of drug-likeness (QED) is 0.777. The smallest absolute Gasteiger partial charge is 0.283 e. The minimum absolute atomic E-state index is 0.200. The average Bonchev–Trinajstić information content (AvgIpc) is 2.82. The Hall–Kier alpha value is -2.56. The number of nitrogens with two attached hydrogens (primary N) is 1.